The number of benzene rings is 2. The molecule has 23 heavy (non-hydrogen) atoms. The van der Waals surface area contributed by atoms with Crippen molar-refractivity contribution in [3.8, 4) is 11.5 Å². The molecule has 0 bridgehead atoms. The maximum absolute atomic E-state index is 5.51. The molecule has 4 nitrogen and oxygen atoms in total. The van der Waals surface area contributed by atoms with Crippen LogP contribution < -0.4 is 20.9 Å². The van der Waals surface area contributed by atoms with Crippen molar-refractivity contribution in [1.82, 2.24) is 0 Å². The number of hydrogen-bond donors (Lipinski definition) is 2. The highest BCUT2D eigenvalue weighted by atomic mass is 32.1. The van der Waals surface area contributed by atoms with Crippen molar-refractivity contribution in [3.05, 3.63) is 54.1 Å². The first kappa shape index (κ1) is 23.0. The van der Waals surface area contributed by atoms with E-state index in [9.17, 15) is 0 Å². The van der Waals surface area contributed by atoms with Crippen molar-refractivity contribution in [1.29, 1.82) is 0 Å². The molecule has 0 atom stereocenters. The lowest BCUT2D eigenvalue weighted by atomic mass is 10.1. The summed E-state index contributed by atoms with van der Waals surface area (Å²) in [5, 5.41) is 0. The summed E-state index contributed by atoms with van der Waals surface area (Å²) in [5.41, 5.74) is 12.6. The molecule has 0 spiro atoms. The average Bonchev–Trinajstić information content (AvgIpc) is 2.48. The van der Waals surface area contributed by atoms with E-state index in [-0.39, 0.29) is 14.9 Å². The van der Waals surface area contributed by atoms with Gasteiger partial charge in [-0.05, 0) is 18.2 Å². The lowest BCUT2D eigenvalue weighted by molar-refractivity contribution is 0.411. The summed E-state index contributed by atoms with van der Waals surface area (Å²) in [7, 11) is 3.24. The molecule has 0 saturated carbocycles. The van der Waals surface area contributed by atoms with Gasteiger partial charge in [-0.25, -0.2) is 0 Å². The second-order valence-corrected chi connectivity index (χ2v) is 4.72. The van der Waals surface area contributed by atoms with Gasteiger partial charge in [-0.2, -0.15) is 0 Å². The Morgan fingerprint density at radius 1 is 0.913 bits per heavy atom. The van der Waals surface area contributed by atoms with Crippen LogP contribution in [0.4, 0.5) is 5.69 Å². The molecule has 0 heterocycles. The number of rotatable bonds is 4. The van der Waals surface area contributed by atoms with Gasteiger partial charge in [0, 0.05) is 12.0 Å². The monoisotopic (exact) mass is 336 g/mol. The molecule has 0 unspecified atom stereocenters. The van der Waals surface area contributed by atoms with Gasteiger partial charge in [-0.1, -0.05) is 57.4 Å². The second kappa shape index (κ2) is 12.3. The molecule has 0 aliphatic heterocycles. The molecule has 5 heteroatoms. The Bertz CT molecular complexity index is 589. The van der Waals surface area contributed by atoms with Crippen molar-refractivity contribution in [2.75, 3.05) is 20.0 Å². The van der Waals surface area contributed by atoms with Gasteiger partial charge in [0.15, 0.2) is 0 Å². The Labute approximate surface area is 145 Å². The minimum atomic E-state index is 0. The molecule has 0 amide bonds. The lowest BCUT2D eigenvalue weighted by Gasteiger charge is -2.05. The molecule has 2 aromatic carbocycles. The van der Waals surface area contributed by atoms with Crippen LogP contribution in [-0.4, -0.2) is 19.2 Å². The summed E-state index contributed by atoms with van der Waals surface area (Å²) in [4.78, 5) is 0.486. The van der Waals surface area contributed by atoms with Gasteiger partial charge in [-0.15, -0.1) is 0 Å². The van der Waals surface area contributed by atoms with Crippen molar-refractivity contribution < 1.29 is 9.47 Å². The van der Waals surface area contributed by atoms with Crippen LogP contribution in [0.1, 0.15) is 20.4 Å². The van der Waals surface area contributed by atoms with Crippen LogP contribution in [0, 0.1) is 0 Å². The van der Waals surface area contributed by atoms with Crippen LogP contribution in [0.25, 0.3) is 0 Å². The maximum Gasteiger partial charge on any atom is 0.141 e. The fourth-order valence-electron chi connectivity index (χ4n) is 1.70. The number of hydrogen-bond acceptors (Lipinski definition) is 4. The molecule has 0 aliphatic rings. The van der Waals surface area contributed by atoms with Crippen LogP contribution in [0.15, 0.2) is 48.5 Å². The first-order chi connectivity index (χ1) is 10.1. The summed E-state index contributed by atoms with van der Waals surface area (Å²) in [6.45, 7) is 0. The second-order valence-electron chi connectivity index (χ2n) is 4.20. The summed E-state index contributed by atoms with van der Waals surface area (Å²) >= 11 is 4.81. The fourth-order valence-corrected chi connectivity index (χ4v) is 1.86. The van der Waals surface area contributed by atoms with E-state index in [1.54, 1.807) is 20.3 Å². The number of nitrogens with two attached hydrogens (primary N) is 2. The topological polar surface area (TPSA) is 70.5 Å². The van der Waals surface area contributed by atoms with Crippen molar-refractivity contribution in [2.45, 2.75) is 21.3 Å². The Balaban J connectivity index is 0. The van der Waals surface area contributed by atoms with E-state index in [0.29, 0.717) is 17.1 Å². The summed E-state index contributed by atoms with van der Waals surface area (Å²) in [6.07, 6.45) is 0.597. The Morgan fingerprint density at radius 3 is 1.83 bits per heavy atom. The van der Waals surface area contributed by atoms with Crippen LogP contribution in [0.3, 0.4) is 0 Å². The summed E-state index contributed by atoms with van der Waals surface area (Å²) in [5.74, 6) is 1.57. The zero-order valence-corrected chi connectivity index (χ0v) is 13.0. The molecule has 0 saturated heterocycles. The molecular weight excluding hydrogens is 308 g/mol. The largest absolute Gasteiger partial charge is 0.496 e. The first-order valence-electron chi connectivity index (χ1n) is 6.37. The fraction of sp³-hybridized carbons (Fsp3) is 0.278. The van der Waals surface area contributed by atoms with E-state index in [2.05, 4.69) is 0 Å². The van der Waals surface area contributed by atoms with Gasteiger partial charge in [0.1, 0.15) is 11.5 Å². The molecule has 0 aliphatic carbocycles. The van der Waals surface area contributed by atoms with Crippen molar-refractivity contribution in [2.24, 2.45) is 5.73 Å². The van der Waals surface area contributed by atoms with Crippen LogP contribution in [0.5, 0.6) is 11.5 Å². The number of nitrogen functional groups attached to an aromatic ring is 1. The van der Waals surface area contributed by atoms with Crippen molar-refractivity contribution >= 4 is 22.9 Å². The minimum Gasteiger partial charge on any atom is -0.496 e. The van der Waals surface area contributed by atoms with E-state index >= 15 is 0 Å². The highest BCUT2D eigenvalue weighted by molar-refractivity contribution is 7.80. The average molecular weight is 337 g/mol. The smallest absolute Gasteiger partial charge is 0.141 e. The van der Waals surface area contributed by atoms with Crippen LogP contribution in [0.2, 0.25) is 0 Å². The number of para-hydroxylation sites is 3. The molecular formula is C18H28N2O2S. The summed E-state index contributed by atoms with van der Waals surface area (Å²) < 4.78 is 10.1. The third kappa shape index (κ3) is 8.07. The van der Waals surface area contributed by atoms with Gasteiger partial charge in [0.25, 0.3) is 0 Å². The number of ether oxygens (including phenoxy) is 2. The zero-order chi connectivity index (χ0) is 15.7. The summed E-state index contributed by atoms with van der Waals surface area (Å²) in [6, 6.07) is 15.1. The van der Waals surface area contributed by atoms with E-state index in [4.69, 9.17) is 33.2 Å². The lowest BCUT2D eigenvalue weighted by Crippen LogP contribution is -2.11. The zero-order valence-electron chi connectivity index (χ0n) is 12.2. The Morgan fingerprint density at radius 2 is 1.39 bits per heavy atom. The van der Waals surface area contributed by atoms with Crippen LogP contribution in [-0.2, 0) is 6.42 Å². The van der Waals surface area contributed by atoms with Gasteiger partial charge in [0.05, 0.1) is 24.9 Å². The number of anilines is 1. The number of thiocarbonyl (C=S) groups is 1. The number of methoxy groups -OCH3 is 2. The first-order valence-corrected chi connectivity index (χ1v) is 6.78. The Kier molecular flexibility index (Phi) is 12.3. The third-order valence-electron chi connectivity index (χ3n) is 2.70. The SMILES string of the molecule is C.C.COc1ccccc1CC(N)=S.COc1ccccc1N. The van der Waals surface area contributed by atoms with Crippen LogP contribution >= 0.6 is 12.2 Å². The van der Waals surface area contributed by atoms with Gasteiger partial charge in [0.2, 0.25) is 0 Å². The third-order valence-corrected chi connectivity index (χ3v) is 2.84. The molecule has 2 aromatic rings. The standard InChI is InChI=1S/C9H11NOS.C7H9NO.2CH4/c1-11-8-5-3-2-4-7(8)6-9(10)12;1-9-7-5-3-2-4-6(7)8;;/h2-5H,6H2,1H3,(H2,10,12);2-5H,8H2,1H3;2*1H4. The van der Waals surface area contributed by atoms with E-state index in [1.807, 2.05) is 42.5 Å². The van der Waals surface area contributed by atoms with E-state index in [0.717, 1.165) is 17.1 Å². The molecule has 128 valence electrons. The van der Waals surface area contributed by atoms with Crippen molar-refractivity contribution in [3.63, 3.8) is 0 Å². The Hall–Kier alpha value is -2.27. The highest BCUT2D eigenvalue weighted by Crippen LogP contribution is 2.18. The molecule has 2 rings (SSSR count). The quantitative estimate of drug-likeness (QED) is 0.650. The van der Waals surface area contributed by atoms with Gasteiger partial charge >= 0.3 is 0 Å². The van der Waals surface area contributed by atoms with E-state index < -0.39 is 0 Å². The van der Waals surface area contributed by atoms with Gasteiger partial charge in [-0.3, -0.25) is 0 Å². The molecule has 0 fully saturated rings. The van der Waals surface area contributed by atoms with Gasteiger partial charge < -0.3 is 20.9 Å². The molecule has 0 aromatic heterocycles. The minimum absolute atomic E-state index is 0. The van der Waals surface area contributed by atoms with E-state index in [1.165, 1.54) is 0 Å². The predicted octanol–water partition coefficient (Wildman–Crippen LogP) is 4.07. The molecule has 4 N–H and O–H groups in total. The molecule has 0 radical (unpaired) electrons. The maximum atomic E-state index is 5.51. The predicted molar refractivity (Wildman–Crippen MR) is 104 cm³/mol. The normalized spacial score (nSPS) is 8.43. The highest BCUT2D eigenvalue weighted by Gasteiger charge is 2.01.